The third kappa shape index (κ3) is 7.38. The minimum atomic E-state index is 0. The van der Waals surface area contributed by atoms with Crippen molar-refractivity contribution in [2.45, 2.75) is 19.3 Å². The summed E-state index contributed by atoms with van der Waals surface area (Å²) < 4.78 is 10.7. The molecule has 1 saturated heterocycles. The van der Waals surface area contributed by atoms with Gasteiger partial charge in [-0.25, -0.2) is 0 Å². The number of aryl methyl sites for hydroxylation is 1. The van der Waals surface area contributed by atoms with Gasteiger partial charge in [-0.15, -0.1) is 24.8 Å². The fourth-order valence-corrected chi connectivity index (χ4v) is 3.60. The van der Waals surface area contributed by atoms with Gasteiger partial charge in [0.1, 0.15) is 0 Å². The van der Waals surface area contributed by atoms with Crippen LogP contribution in [-0.2, 0) is 17.6 Å². The summed E-state index contributed by atoms with van der Waals surface area (Å²) in [6, 6.07) is 16.3. The first-order valence-electron chi connectivity index (χ1n) is 9.94. The molecule has 166 valence electrons. The maximum Gasteiger partial charge on any atom is 0.222 e. The van der Waals surface area contributed by atoms with E-state index in [1.54, 1.807) is 14.2 Å². The second kappa shape index (κ2) is 13.4. The molecular formula is C23H32Cl2N2O3. The summed E-state index contributed by atoms with van der Waals surface area (Å²) in [5.41, 5.74) is 2.46. The summed E-state index contributed by atoms with van der Waals surface area (Å²) in [4.78, 5) is 16.9. The molecule has 1 aliphatic rings. The maximum absolute atomic E-state index is 12.5. The van der Waals surface area contributed by atoms with Crippen LogP contribution in [0.2, 0.25) is 0 Å². The number of carbonyl (C=O) groups is 1. The van der Waals surface area contributed by atoms with Gasteiger partial charge in [0.15, 0.2) is 11.5 Å². The molecule has 0 atom stereocenters. The van der Waals surface area contributed by atoms with Crippen molar-refractivity contribution in [3.63, 3.8) is 0 Å². The van der Waals surface area contributed by atoms with E-state index in [-0.39, 0.29) is 30.7 Å². The molecule has 2 aromatic rings. The molecule has 0 bridgehead atoms. The standard InChI is InChI=1S/C23H30N2O3.2ClH/c1-27-21-10-8-20(18-22(21)28-2)12-13-24-14-16-25(17-15-24)23(26)11-9-19-6-4-3-5-7-19;;/h3-8,10,18H,9,11-17H2,1-2H3;2*1H. The lowest BCUT2D eigenvalue weighted by atomic mass is 10.1. The number of methoxy groups -OCH3 is 2. The Morgan fingerprint density at radius 3 is 2.13 bits per heavy atom. The average Bonchev–Trinajstić information content (AvgIpc) is 2.76. The van der Waals surface area contributed by atoms with Crippen LogP contribution in [0.1, 0.15) is 17.5 Å². The summed E-state index contributed by atoms with van der Waals surface area (Å²) in [5, 5.41) is 0. The van der Waals surface area contributed by atoms with E-state index in [2.05, 4.69) is 23.1 Å². The molecule has 1 aliphatic heterocycles. The summed E-state index contributed by atoms with van der Waals surface area (Å²) in [6.07, 6.45) is 2.37. The minimum absolute atomic E-state index is 0. The van der Waals surface area contributed by atoms with Crippen LogP contribution in [0.3, 0.4) is 0 Å². The molecule has 1 fully saturated rings. The van der Waals surface area contributed by atoms with Crippen molar-refractivity contribution in [3.8, 4) is 11.5 Å². The minimum Gasteiger partial charge on any atom is -0.493 e. The third-order valence-corrected chi connectivity index (χ3v) is 5.36. The first kappa shape index (κ1) is 26.1. The quantitative estimate of drug-likeness (QED) is 0.606. The zero-order valence-electron chi connectivity index (χ0n) is 17.7. The Morgan fingerprint density at radius 2 is 1.50 bits per heavy atom. The number of hydrogen-bond acceptors (Lipinski definition) is 4. The van der Waals surface area contributed by atoms with Gasteiger partial charge < -0.3 is 14.4 Å². The Labute approximate surface area is 192 Å². The van der Waals surface area contributed by atoms with E-state index in [4.69, 9.17) is 9.47 Å². The van der Waals surface area contributed by atoms with Crippen molar-refractivity contribution in [2.75, 3.05) is 46.9 Å². The molecule has 0 unspecified atom stereocenters. The van der Waals surface area contributed by atoms with E-state index >= 15 is 0 Å². The van der Waals surface area contributed by atoms with E-state index in [0.29, 0.717) is 6.42 Å². The Morgan fingerprint density at radius 1 is 0.833 bits per heavy atom. The van der Waals surface area contributed by atoms with Crippen LogP contribution in [0.5, 0.6) is 11.5 Å². The highest BCUT2D eigenvalue weighted by atomic mass is 35.5. The average molecular weight is 455 g/mol. The molecule has 0 spiro atoms. The summed E-state index contributed by atoms with van der Waals surface area (Å²) in [5.74, 6) is 1.80. The predicted molar refractivity (Wildman–Crippen MR) is 126 cm³/mol. The van der Waals surface area contributed by atoms with Crippen LogP contribution in [0.4, 0.5) is 0 Å². The number of halogens is 2. The van der Waals surface area contributed by atoms with Crippen molar-refractivity contribution in [1.82, 2.24) is 9.80 Å². The van der Waals surface area contributed by atoms with E-state index < -0.39 is 0 Å². The van der Waals surface area contributed by atoms with E-state index in [0.717, 1.165) is 57.1 Å². The molecule has 1 heterocycles. The van der Waals surface area contributed by atoms with Gasteiger partial charge in [-0.05, 0) is 36.1 Å². The number of nitrogens with zero attached hydrogens (tertiary/aromatic N) is 2. The van der Waals surface area contributed by atoms with Crippen molar-refractivity contribution < 1.29 is 14.3 Å². The van der Waals surface area contributed by atoms with Gasteiger partial charge in [-0.1, -0.05) is 36.4 Å². The van der Waals surface area contributed by atoms with Gasteiger partial charge in [0.2, 0.25) is 5.91 Å². The second-order valence-electron chi connectivity index (χ2n) is 7.15. The first-order valence-corrected chi connectivity index (χ1v) is 9.94. The molecule has 30 heavy (non-hydrogen) atoms. The molecule has 3 rings (SSSR count). The highest BCUT2D eigenvalue weighted by Crippen LogP contribution is 2.27. The van der Waals surface area contributed by atoms with Crippen LogP contribution >= 0.6 is 24.8 Å². The van der Waals surface area contributed by atoms with Crippen LogP contribution in [-0.4, -0.2) is 62.7 Å². The molecule has 7 heteroatoms. The molecular weight excluding hydrogens is 423 g/mol. The monoisotopic (exact) mass is 454 g/mol. The van der Waals surface area contributed by atoms with Gasteiger partial charge in [0.05, 0.1) is 14.2 Å². The van der Waals surface area contributed by atoms with E-state index in [9.17, 15) is 4.79 Å². The molecule has 0 radical (unpaired) electrons. The number of carbonyl (C=O) groups excluding carboxylic acids is 1. The molecule has 0 N–H and O–H groups in total. The van der Waals surface area contributed by atoms with Gasteiger partial charge in [-0.3, -0.25) is 9.69 Å². The smallest absolute Gasteiger partial charge is 0.222 e. The number of ether oxygens (including phenoxy) is 2. The highest BCUT2D eigenvalue weighted by Gasteiger charge is 2.20. The molecule has 1 amide bonds. The topological polar surface area (TPSA) is 42.0 Å². The summed E-state index contributed by atoms with van der Waals surface area (Å²) in [6.45, 7) is 4.50. The Kier molecular flexibility index (Phi) is 11.6. The van der Waals surface area contributed by atoms with Crippen molar-refractivity contribution in [3.05, 3.63) is 59.7 Å². The zero-order chi connectivity index (χ0) is 19.8. The molecule has 0 saturated carbocycles. The molecule has 2 aromatic carbocycles. The lowest BCUT2D eigenvalue weighted by Crippen LogP contribution is -2.49. The largest absolute Gasteiger partial charge is 0.493 e. The van der Waals surface area contributed by atoms with Crippen molar-refractivity contribution in [1.29, 1.82) is 0 Å². The lowest BCUT2D eigenvalue weighted by Gasteiger charge is -2.34. The molecule has 0 aliphatic carbocycles. The van der Waals surface area contributed by atoms with Gasteiger partial charge in [0.25, 0.3) is 0 Å². The normalized spacial score (nSPS) is 13.7. The SMILES string of the molecule is COc1ccc(CCN2CCN(C(=O)CCc3ccccc3)CC2)cc1OC.Cl.Cl. The predicted octanol–water partition coefficient (Wildman–Crippen LogP) is 3.87. The number of amides is 1. The van der Waals surface area contributed by atoms with Crippen LogP contribution < -0.4 is 9.47 Å². The van der Waals surface area contributed by atoms with Crippen LogP contribution in [0, 0.1) is 0 Å². The fourth-order valence-electron chi connectivity index (χ4n) is 3.60. The van der Waals surface area contributed by atoms with Gasteiger partial charge in [0, 0.05) is 39.1 Å². The number of piperazine rings is 1. The number of hydrogen-bond donors (Lipinski definition) is 0. The van der Waals surface area contributed by atoms with Gasteiger partial charge >= 0.3 is 0 Å². The van der Waals surface area contributed by atoms with Crippen LogP contribution in [0.25, 0.3) is 0 Å². The van der Waals surface area contributed by atoms with Crippen molar-refractivity contribution in [2.24, 2.45) is 0 Å². The number of rotatable bonds is 8. The highest BCUT2D eigenvalue weighted by molar-refractivity contribution is 5.85. The fraction of sp³-hybridized carbons (Fsp3) is 0.435. The third-order valence-electron chi connectivity index (χ3n) is 5.36. The Balaban J connectivity index is 0.00000225. The van der Waals surface area contributed by atoms with Crippen molar-refractivity contribution >= 4 is 30.7 Å². The van der Waals surface area contributed by atoms with Gasteiger partial charge in [-0.2, -0.15) is 0 Å². The maximum atomic E-state index is 12.5. The lowest BCUT2D eigenvalue weighted by molar-refractivity contribution is -0.132. The molecule has 0 aromatic heterocycles. The summed E-state index contributed by atoms with van der Waals surface area (Å²) >= 11 is 0. The van der Waals surface area contributed by atoms with E-state index in [1.165, 1.54) is 11.1 Å². The summed E-state index contributed by atoms with van der Waals surface area (Å²) in [7, 11) is 3.31. The second-order valence-corrected chi connectivity index (χ2v) is 7.15. The first-order chi connectivity index (χ1) is 13.7. The Hall–Kier alpha value is -1.95. The Bertz CT molecular complexity index is 766. The van der Waals surface area contributed by atoms with E-state index in [1.807, 2.05) is 35.2 Å². The molecule has 5 nitrogen and oxygen atoms in total. The number of benzene rings is 2. The van der Waals surface area contributed by atoms with Crippen LogP contribution in [0.15, 0.2) is 48.5 Å². The zero-order valence-corrected chi connectivity index (χ0v) is 19.3.